The van der Waals surface area contributed by atoms with Crippen molar-refractivity contribution in [2.45, 2.75) is 34.1 Å². The Morgan fingerprint density at radius 2 is 1.77 bits per heavy atom. The van der Waals surface area contributed by atoms with Gasteiger partial charge < -0.3 is 15.5 Å². The molecule has 0 aliphatic heterocycles. The summed E-state index contributed by atoms with van der Waals surface area (Å²) in [6.45, 7) is 7.57. The summed E-state index contributed by atoms with van der Waals surface area (Å²) in [4.78, 5) is 23.2. The van der Waals surface area contributed by atoms with E-state index in [1.807, 2.05) is 44.2 Å². The Morgan fingerprint density at radius 1 is 1.12 bits per heavy atom. The lowest BCUT2D eigenvalue weighted by Gasteiger charge is -2.05. The standard InChI is InChI=1S/C19H20N2O3.C2H6/c1-3-15(11-13(2)12-18(20)22)21-19(23)17-10-9-16(24-17)14-7-5-4-6-8-14;1-2/h3-11H,12H2,1-2H3,(H2,20,22)(H,21,23);1-2H3/b13-11+,15-3+;. The molecule has 0 saturated carbocycles. The van der Waals surface area contributed by atoms with Crippen LogP contribution in [-0.2, 0) is 4.79 Å². The summed E-state index contributed by atoms with van der Waals surface area (Å²) >= 11 is 0. The van der Waals surface area contributed by atoms with Gasteiger partial charge >= 0.3 is 0 Å². The average Bonchev–Trinajstić information content (AvgIpc) is 3.13. The lowest BCUT2D eigenvalue weighted by atomic mass is 10.1. The summed E-state index contributed by atoms with van der Waals surface area (Å²) in [5.41, 5.74) is 7.41. The van der Waals surface area contributed by atoms with Crippen LogP contribution in [0.4, 0.5) is 0 Å². The topological polar surface area (TPSA) is 85.3 Å². The van der Waals surface area contributed by atoms with Crippen molar-refractivity contribution < 1.29 is 14.0 Å². The number of hydrogen-bond donors (Lipinski definition) is 2. The summed E-state index contributed by atoms with van der Waals surface area (Å²) < 4.78 is 5.61. The van der Waals surface area contributed by atoms with Gasteiger partial charge in [-0.3, -0.25) is 9.59 Å². The van der Waals surface area contributed by atoms with Crippen molar-refractivity contribution in [2.75, 3.05) is 0 Å². The maximum absolute atomic E-state index is 12.3. The predicted octanol–water partition coefficient (Wildman–Crippen LogP) is 4.43. The van der Waals surface area contributed by atoms with Gasteiger partial charge in [-0.05, 0) is 32.1 Å². The van der Waals surface area contributed by atoms with Crippen LogP contribution in [0.5, 0.6) is 0 Å². The van der Waals surface area contributed by atoms with Crippen LogP contribution in [0.15, 0.2) is 70.3 Å². The van der Waals surface area contributed by atoms with E-state index in [2.05, 4.69) is 5.32 Å². The number of benzene rings is 1. The number of carbonyl (C=O) groups excluding carboxylic acids is 2. The van der Waals surface area contributed by atoms with Gasteiger partial charge in [0.25, 0.3) is 5.91 Å². The highest BCUT2D eigenvalue weighted by molar-refractivity contribution is 5.93. The molecule has 5 heteroatoms. The first kappa shape index (κ1) is 21.0. The maximum atomic E-state index is 12.3. The van der Waals surface area contributed by atoms with E-state index in [1.165, 1.54) is 0 Å². The molecule has 2 rings (SSSR count). The zero-order valence-corrected chi connectivity index (χ0v) is 15.7. The fourth-order valence-corrected chi connectivity index (χ4v) is 2.19. The molecule has 2 amide bonds. The average molecular weight is 354 g/mol. The van der Waals surface area contributed by atoms with Crippen molar-refractivity contribution in [2.24, 2.45) is 5.73 Å². The molecule has 5 nitrogen and oxygen atoms in total. The van der Waals surface area contributed by atoms with Gasteiger partial charge in [-0.25, -0.2) is 0 Å². The number of primary amides is 1. The normalized spacial score (nSPS) is 11.4. The monoisotopic (exact) mass is 354 g/mol. The second kappa shape index (κ2) is 10.7. The van der Waals surface area contributed by atoms with Gasteiger partial charge in [0.05, 0.1) is 0 Å². The fourth-order valence-electron chi connectivity index (χ4n) is 2.19. The molecular formula is C21H26N2O3. The molecular weight excluding hydrogens is 328 g/mol. The molecule has 0 aliphatic carbocycles. The van der Waals surface area contributed by atoms with Crippen LogP contribution in [0.25, 0.3) is 11.3 Å². The Kier molecular flexibility index (Phi) is 8.64. The van der Waals surface area contributed by atoms with Gasteiger partial charge in [0.1, 0.15) is 5.76 Å². The summed E-state index contributed by atoms with van der Waals surface area (Å²) in [6, 6.07) is 12.9. The first-order valence-electron chi connectivity index (χ1n) is 8.58. The molecule has 0 aliphatic rings. The SMILES string of the molecule is C/C=C(\C=C(/C)CC(N)=O)NC(=O)c1ccc(-c2ccccc2)o1.CC. The molecule has 26 heavy (non-hydrogen) atoms. The third kappa shape index (κ3) is 6.43. The minimum absolute atomic E-state index is 0.145. The van der Waals surface area contributed by atoms with E-state index in [0.29, 0.717) is 11.5 Å². The summed E-state index contributed by atoms with van der Waals surface area (Å²) in [5, 5.41) is 2.75. The number of furan rings is 1. The molecule has 138 valence electrons. The fraction of sp³-hybridized carbons (Fsp3) is 0.238. The third-order valence-corrected chi connectivity index (χ3v) is 3.31. The number of carbonyl (C=O) groups is 2. The molecule has 0 saturated heterocycles. The highest BCUT2D eigenvalue weighted by Gasteiger charge is 2.13. The maximum Gasteiger partial charge on any atom is 0.291 e. The molecule has 1 aromatic heterocycles. The van der Waals surface area contributed by atoms with Crippen LogP contribution in [-0.4, -0.2) is 11.8 Å². The van der Waals surface area contributed by atoms with Crippen molar-refractivity contribution in [3.05, 3.63) is 71.6 Å². The number of nitrogens with one attached hydrogen (secondary N) is 1. The predicted molar refractivity (Wildman–Crippen MR) is 104 cm³/mol. The molecule has 3 N–H and O–H groups in total. The molecule has 0 bridgehead atoms. The summed E-state index contributed by atoms with van der Waals surface area (Å²) in [6.07, 6.45) is 3.60. The lowest BCUT2D eigenvalue weighted by Crippen LogP contribution is -2.21. The third-order valence-electron chi connectivity index (χ3n) is 3.31. The molecule has 0 atom stereocenters. The van der Waals surface area contributed by atoms with E-state index in [1.54, 1.807) is 38.1 Å². The van der Waals surface area contributed by atoms with Crippen LogP contribution in [0.1, 0.15) is 44.7 Å². The van der Waals surface area contributed by atoms with E-state index < -0.39 is 5.91 Å². The molecule has 0 fully saturated rings. The van der Waals surface area contributed by atoms with Crippen molar-refractivity contribution >= 4 is 11.8 Å². The minimum Gasteiger partial charge on any atom is -0.451 e. The Morgan fingerprint density at radius 3 is 2.35 bits per heavy atom. The van der Waals surface area contributed by atoms with Gasteiger partial charge in [0, 0.05) is 17.7 Å². The van der Waals surface area contributed by atoms with Gasteiger partial charge in [-0.1, -0.05) is 55.8 Å². The number of nitrogens with two attached hydrogens (primary N) is 1. The number of hydrogen-bond acceptors (Lipinski definition) is 3. The first-order chi connectivity index (χ1) is 12.5. The van der Waals surface area contributed by atoms with Crippen molar-refractivity contribution in [1.82, 2.24) is 5.32 Å². The highest BCUT2D eigenvalue weighted by Crippen LogP contribution is 2.21. The van der Waals surface area contributed by atoms with Crippen LogP contribution in [0.3, 0.4) is 0 Å². The lowest BCUT2D eigenvalue weighted by molar-refractivity contribution is -0.117. The molecule has 0 unspecified atom stereocenters. The summed E-state index contributed by atoms with van der Waals surface area (Å²) in [5.74, 6) is 0.0786. The zero-order chi connectivity index (χ0) is 19.5. The largest absolute Gasteiger partial charge is 0.451 e. The van der Waals surface area contributed by atoms with Crippen LogP contribution < -0.4 is 11.1 Å². The van der Waals surface area contributed by atoms with Crippen LogP contribution in [0, 0.1) is 0 Å². The Hall–Kier alpha value is -3.08. The molecule has 1 heterocycles. The number of amides is 2. The molecule has 1 aromatic carbocycles. The van der Waals surface area contributed by atoms with E-state index >= 15 is 0 Å². The molecule has 2 aromatic rings. The highest BCUT2D eigenvalue weighted by atomic mass is 16.3. The van der Waals surface area contributed by atoms with Crippen LogP contribution >= 0.6 is 0 Å². The van der Waals surface area contributed by atoms with Crippen molar-refractivity contribution in [3.63, 3.8) is 0 Å². The van der Waals surface area contributed by atoms with E-state index in [9.17, 15) is 9.59 Å². The second-order valence-corrected chi connectivity index (χ2v) is 5.36. The molecule has 0 spiro atoms. The van der Waals surface area contributed by atoms with E-state index in [-0.39, 0.29) is 18.1 Å². The first-order valence-corrected chi connectivity index (χ1v) is 8.58. The zero-order valence-electron chi connectivity index (χ0n) is 15.7. The van der Waals surface area contributed by atoms with Gasteiger partial charge in [0.15, 0.2) is 5.76 Å². The number of allylic oxidation sites excluding steroid dienone is 2. The quantitative estimate of drug-likeness (QED) is 0.753. The number of rotatable bonds is 6. The van der Waals surface area contributed by atoms with Gasteiger partial charge in [-0.2, -0.15) is 0 Å². The van der Waals surface area contributed by atoms with E-state index in [4.69, 9.17) is 10.2 Å². The Labute approximate surface area is 154 Å². The van der Waals surface area contributed by atoms with E-state index in [0.717, 1.165) is 11.1 Å². The smallest absolute Gasteiger partial charge is 0.291 e. The minimum atomic E-state index is -0.413. The Bertz CT molecular complexity index is 787. The van der Waals surface area contributed by atoms with Crippen molar-refractivity contribution in [3.8, 4) is 11.3 Å². The van der Waals surface area contributed by atoms with Gasteiger partial charge in [-0.15, -0.1) is 0 Å². The second-order valence-electron chi connectivity index (χ2n) is 5.36. The Balaban J connectivity index is 0.00000163. The van der Waals surface area contributed by atoms with Crippen LogP contribution in [0.2, 0.25) is 0 Å². The molecule has 0 radical (unpaired) electrons. The van der Waals surface area contributed by atoms with Gasteiger partial charge in [0.2, 0.25) is 5.91 Å². The van der Waals surface area contributed by atoms with Crippen molar-refractivity contribution in [1.29, 1.82) is 0 Å². The summed E-state index contributed by atoms with van der Waals surface area (Å²) in [7, 11) is 0.